The van der Waals surface area contributed by atoms with E-state index in [1.165, 1.54) is 0 Å². The Morgan fingerprint density at radius 1 is 1.53 bits per heavy atom. The third-order valence-electron chi connectivity index (χ3n) is 2.93. The van der Waals surface area contributed by atoms with E-state index in [0.29, 0.717) is 13.0 Å². The van der Waals surface area contributed by atoms with Gasteiger partial charge in [-0.05, 0) is 25.7 Å². The summed E-state index contributed by atoms with van der Waals surface area (Å²) in [6.07, 6.45) is 2.51. The minimum Gasteiger partial charge on any atom is -0.481 e. The van der Waals surface area contributed by atoms with Crippen molar-refractivity contribution in [2.75, 3.05) is 6.54 Å². The van der Waals surface area contributed by atoms with Crippen molar-refractivity contribution in [2.45, 2.75) is 32.2 Å². The summed E-state index contributed by atoms with van der Waals surface area (Å²) in [6.45, 7) is 2.04. The van der Waals surface area contributed by atoms with Crippen molar-refractivity contribution in [3.8, 4) is 0 Å². The quantitative estimate of drug-likeness (QED) is 0.611. The molecule has 1 fully saturated rings. The summed E-state index contributed by atoms with van der Waals surface area (Å²) < 4.78 is 0. The standard InChI is InChI=1S/C10H18N2O3/c1-6(11)9(13)12-5-7-3-2-4-8(7)10(14)15/h6-8H,2-5,11H2,1H3,(H,12,13)(H,14,15)/t6-,7?,8?/m1/s1. The molecule has 5 nitrogen and oxygen atoms in total. The third kappa shape index (κ3) is 3.20. The number of nitrogens with one attached hydrogen (secondary N) is 1. The Morgan fingerprint density at radius 2 is 2.20 bits per heavy atom. The van der Waals surface area contributed by atoms with Gasteiger partial charge in [-0.25, -0.2) is 0 Å². The lowest BCUT2D eigenvalue weighted by molar-refractivity contribution is -0.143. The molecule has 1 aliphatic carbocycles. The average Bonchev–Trinajstić information content (AvgIpc) is 2.61. The molecule has 0 aliphatic heterocycles. The second-order valence-corrected chi connectivity index (χ2v) is 4.17. The SMILES string of the molecule is C[C@@H](N)C(=O)NCC1CCCC1C(=O)O. The van der Waals surface area contributed by atoms with Crippen molar-refractivity contribution in [3.63, 3.8) is 0 Å². The van der Waals surface area contributed by atoms with Crippen molar-refractivity contribution >= 4 is 11.9 Å². The molecule has 86 valence electrons. The smallest absolute Gasteiger partial charge is 0.306 e. The van der Waals surface area contributed by atoms with Gasteiger partial charge in [0.05, 0.1) is 12.0 Å². The number of carboxylic acid groups (broad SMARTS) is 1. The van der Waals surface area contributed by atoms with Gasteiger partial charge in [-0.2, -0.15) is 0 Å². The van der Waals surface area contributed by atoms with E-state index < -0.39 is 12.0 Å². The highest BCUT2D eigenvalue weighted by Crippen LogP contribution is 2.31. The second kappa shape index (κ2) is 5.11. The molecule has 0 aromatic carbocycles. The first-order valence-electron chi connectivity index (χ1n) is 5.28. The lowest BCUT2D eigenvalue weighted by atomic mass is 9.96. The summed E-state index contributed by atoms with van der Waals surface area (Å²) in [5.41, 5.74) is 5.39. The van der Waals surface area contributed by atoms with Crippen LogP contribution < -0.4 is 11.1 Å². The van der Waals surface area contributed by atoms with Gasteiger partial charge < -0.3 is 16.2 Å². The number of nitrogens with two attached hydrogens (primary N) is 1. The molecule has 0 spiro atoms. The normalized spacial score (nSPS) is 27.3. The zero-order chi connectivity index (χ0) is 11.4. The first-order chi connectivity index (χ1) is 7.02. The van der Waals surface area contributed by atoms with Crippen LogP contribution in [0.3, 0.4) is 0 Å². The molecule has 5 heteroatoms. The molecule has 1 saturated carbocycles. The van der Waals surface area contributed by atoms with Gasteiger partial charge in [-0.1, -0.05) is 6.42 Å². The molecule has 0 radical (unpaired) electrons. The van der Waals surface area contributed by atoms with E-state index in [2.05, 4.69) is 5.32 Å². The number of carbonyl (C=O) groups excluding carboxylic acids is 1. The molecule has 1 amide bonds. The van der Waals surface area contributed by atoms with E-state index >= 15 is 0 Å². The highest BCUT2D eigenvalue weighted by molar-refractivity contribution is 5.81. The lowest BCUT2D eigenvalue weighted by Crippen LogP contribution is -2.41. The van der Waals surface area contributed by atoms with Gasteiger partial charge in [0.15, 0.2) is 0 Å². The Kier molecular flexibility index (Phi) is 4.08. The summed E-state index contributed by atoms with van der Waals surface area (Å²) in [5, 5.41) is 11.6. The van der Waals surface area contributed by atoms with Gasteiger partial charge in [0, 0.05) is 6.54 Å². The zero-order valence-electron chi connectivity index (χ0n) is 8.90. The fourth-order valence-electron chi connectivity index (χ4n) is 2.00. The minimum atomic E-state index is -0.757. The van der Waals surface area contributed by atoms with Crippen LogP contribution in [0, 0.1) is 11.8 Å². The molecule has 2 unspecified atom stereocenters. The molecule has 4 N–H and O–H groups in total. The molecular weight excluding hydrogens is 196 g/mol. The molecule has 1 aliphatic rings. The monoisotopic (exact) mass is 214 g/mol. The van der Waals surface area contributed by atoms with Crippen LogP contribution in [-0.2, 0) is 9.59 Å². The van der Waals surface area contributed by atoms with Gasteiger partial charge in [0.1, 0.15) is 0 Å². The zero-order valence-corrected chi connectivity index (χ0v) is 8.90. The van der Waals surface area contributed by atoms with Crippen LogP contribution in [0.4, 0.5) is 0 Å². The molecule has 15 heavy (non-hydrogen) atoms. The van der Waals surface area contributed by atoms with Crippen molar-refractivity contribution in [1.82, 2.24) is 5.32 Å². The molecule has 3 atom stereocenters. The summed E-state index contributed by atoms with van der Waals surface area (Å²) in [4.78, 5) is 22.0. The molecule has 0 aromatic heterocycles. The second-order valence-electron chi connectivity index (χ2n) is 4.17. The Hall–Kier alpha value is -1.10. The van der Waals surface area contributed by atoms with Crippen molar-refractivity contribution in [3.05, 3.63) is 0 Å². The van der Waals surface area contributed by atoms with Crippen molar-refractivity contribution < 1.29 is 14.7 Å². The van der Waals surface area contributed by atoms with Gasteiger partial charge in [0.25, 0.3) is 0 Å². The lowest BCUT2D eigenvalue weighted by Gasteiger charge is -2.17. The Bertz CT molecular complexity index is 253. The van der Waals surface area contributed by atoms with Crippen LogP contribution >= 0.6 is 0 Å². The van der Waals surface area contributed by atoms with E-state index in [0.717, 1.165) is 12.8 Å². The minimum absolute atomic E-state index is 0.0604. The van der Waals surface area contributed by atoms with Gasteiger partial charge >= 0.3 is 5.97 Å². The Labute approximate surface area is 89.0 Å². The number of carboxylic acids is 1. The van der Waals surface area contributed by atoms with Crippen LogP contribution in [0.1, 0.15) is 26.2 Å². The molecule has 1 rings (SSSR count). The maximum absolute atomic E-state index is 11.2. The van der Waals surface area contributed by atoms with Gasteiger partial charge in [-0.15, -0.1) is 0 Å². The molecule has 0 saturated heterocycles. The van der Waals surface area contributed by atoms with E-state index in [-0.39, 0.29) is 17.7 Å². The topological polar surface area (TPSA) is 92.4 Å². The highest BCUT2D eigenvalue weighted by Gasteiger charge is 2.32. The number of hydrogen-bond donors (Lipinski definition) is 3. The first-order valence-corrected chi connectivity index (χ1v) is 5.28. The van der Waals surface area contributed by atoms with Crippen LogP contribution in [0.25, 0.3) is 0 Å². The predicted octanol–water partition coefficient (Wildman–Crippen LogP) is -0.0493. The third-order valence-corrected chi connectivity index (χ3v) is 2.93. The molecule has 0 bridgehead atoms. The summed E-state index contributed by atoms with van der Waals surface area (Å²) >= 11 is 0. The fourth-order valence-corrected chi connectivity index (χ4v) is 2.00. The Balaban J connectivity index is 2.38. The number of amides is 1. The van der Waals surface area contributed by atoms with Gasteiger partial charge in [0.2, 0.25) is 5.91 Å². The van der Waals surface area contributed by atoms with Crippen molar-refractivity contribution in [2.24, 2.45) is 17.6 Å². The summed E-state index contributed by atoms with van der Waals surface area (Å²) in [6, 6.07) is -0.533. The molecule has 0 heterocycles. The maximum atomic E-state index is 11.2. The van der Waals surface area contributed by atoms with Crippen molar-refractivity contribution in [1.29, 1.82) is 0 Å². The molecular formula is C10H18N2O3. The highest BCUT2D eigenvalue weighted by atomic mass is 16.4. The van der Waals surface area contributed by atoms with Crippen LogP contribution in [0.5, 0.6) is 0 Å². The van der Waals surface area contributed by atoms with Gasteiger partial charge in [-0.3, -0.25) is 9.59 Å². The molecule has 0 aromatic rings. The number of aliphatic carboxylic acids is 1. The first kappa shape index (κ1) is 12.0. The Morgan fingerprint density at radius 3 is 2.73 bits per heavy atom. The summed E-state index contributed by atoms with van der Waals surface area (Å²) in [7, 11) is 0. The van der Waals surface area contributed by atoms with Crippen LogP contribution in [0.15, 0.2) is 0 Å². The summed E-state index contributed by atoms with van der Waals surface area (Å²) in [5.74, 6) is -1.22. The fraction of sp³-hybridized carbons (Fsp3) is 0.800. The van der Waals surface area contributed by atoms with E-state index in [1.807, 2.05) is 0 Å². The number of carbonyl (C=O) groups is 2. The van der Waals surface area contributed by atoms with E-state index in [4.69, 9.17) is 10.8 Å². The number of hydrogen-bond acceptors (Lipinski definition) is 3. The van der Waals surface area contributed by atoms with Crippen LogP contribution in [0.2, 0.25) is 0 Å². The average molecular weight is 214 g/mol. The predicted molar refractivity (Wildman–Crippen MR) is 55.1 cm³/mol. The number of rotatable bonds is 4. The maximum Gasteiger partial charge on any atom is 0.306 e. The largest absolute Gasteiger partial charge is 0.481 e. The van der Waals surface area contributed by atoms with E-state index in [9.17, 15) is 9.59 Å². The van der Waals surface area contributed by atoms with E-state index in [1.54, 1.807) is 6.92 Å². The van der Waals surface area contributed by atoms with Crippen LogP contribution in [-0.4, -0.2) is 29.6 Å².